The summed E-state index contributed by atoms with van der Waals surface area (Å²) in [7, 11) is 0. The van der Waals surface area contributed by atoms with Crippen molar-refractivity contribution >= 4 is 48.5 Å². The molecule has 5 rings (SSSR count). The Morgan fingerprint density at radius 1 is 0.750 bits per heavy atom. The number of benzene rings is 3. The third-order valence-corrected chi connectivity index (χ3v) is 5.01. The molecule has 0 fully saturated rings. The normalized spacial score (nSPS) is 11.5. The van der Waals surface area contributed by atoms with Crippen LogP contribution in [0.4, 0.5) is 0 Å². The summed E-state index contributed by atoms with van der Waals surface area (Å²) in [5.74, 6) is 0. The van der Waals surface area contributed by atoms with E-state index >= 15 is 0 Å². The van der Waals surface area contributed by atoms with Crippen molar-refractivity contribution in [2.45, 2.75) is 0 Å². The summed E-state index contributed by atoms with van der Waals surface area (Å²) in [5.41, 5.74) is 3.56. The average Bonchev–Trinajstić information content (AvgIpc) is 2.96. The first-order chi connectivity index (χ1) is 11.8. The molecule has 0 saturated heterocycles. The number of pyridine rings is 1. The van der Waals surface area contributed by atoms with Gasteiger partial charge in [-0.3, -0.25) is 4.98 Å². The third kappa shape index (κ3) is 1.98. The van der Waals surface area contributed by atoms with E-state index in [4.69, 9.17) is 0 Å². The van der Waals surface area contributed by atoms with Crippen molar-refractivity contribution < 1.29 is 0 Å². The first-order valence-corrected chi connectivity index (χ1v) is 8.63. The Hall–Kier alpha value is -2.65. The standard InChI is InChI=1S/C21H13BrN2/c22-16-7-5-15-12-17(8-6-14(15)11-16)24-20-4-2-1-3-18(20)19-13-23-10-9-21(19)24/h1-13H. The molecule has 0 atom stereocenters. The lowest BCUT2D eigenvalue weighted by Crippen LogP contribution is -1.93. The minimum atomic E-state index is 1.10. The van der Waals surface area contributed by atoms with Gasteiger partial charge in [0.1, 0.15) is 0 Å². The van der Waals surface area contributed by atoms with Crippen LogP contribution in [0.5, 0.6) is 0 Å². The first-order valence-electron chi connectivity index (χ1n) is 7.84. The quantitative estimate of drug-likeness (QED) is 0.347. The number of hydrogen-bond donors (Lipinski definition) is 0. The molecule has 24 heavy (non-hydrogen) atoms. The molecule has 114 valence electrons. The van der Waals surface area contributed by atoms with Crippen molar-refractivity contribution in [1.82, 2.24) is 9.55 Å². The summed E-state index contributed by atoms with van der Waals surface area (Å²) in [6.45, 7) is 0. The summed E-state index contributed by atoms with van der Waals surface area (Å²) in [4.78, 5) is 4.31. The summed E-state index contributed by atoms with van der Waals surface area (Å²) in [6.07, 6.45) is 3.81. The Morgan fingerprint density at radius 3 is 2.50 bits per heavy atom. The minimum Gasteiger partial charge on any atom is -0.309 e. The molecule has 0 amide bonds. The van der Waals surface area contributed by atoms with Gasteiger partial charge in [-0.15, -0.1) is 0 Å². The van der Waals surface area contributed by atoms with E-state index in [9.17, 15) is 0 Å². The van der Waals surface area contributed by atoms with Crippen LogP contribution in [-0.2, 0) is 0 Å². The van der Waals surface area contributed by atoms with Crippen molar-refractivity contribution in [2.75, 3.05) is 0 Å². The van der Waals surface area contributed by atoms with E-state index in [-0.39, 0.29) is 0 Å². The molecule has 0 aliphatic carbocycles. The molecular weight excluding hydrogens is 360 g/mol. The topological polar surface area (TPSA) is 17.8 Å². The van der Waals surface area contributed by atoms with Crippen LogP contribution >= 0.6 is 15.9 Å². The highest BCUT2D eigenvalue weighted by molar-refractivity contribution is 9.10. The van der Waals surface area contributed by atoms with Gasteiger partial charge in [0.25, 0.3) is 0 Å². The summed E-state index contributed by atoms with van der Waals surface area (Å²) in [6, 6.07) is 23.6. The van der Waals surface area contributed by atoms with Crippen molar-refractivity contribution in [2.24, 2.45) is 0 Å². The zero-order chi connectivity index (χ0) is 16.1. The van der Waals surface area contributed by atoms with Crippen molar-refractivity contribution in [3.05, 3.63) is 83.6 Å². The average molecular weight is 373 g/mol. The maximum Gasteiger partial charge on any atom is 0.0571 e. The lowest BCUT2D eigenvalue weighted by molar-refractivity contribution is 1.18. The smallest absolute Gasteiger partial charge is 0.0571 e. The van der Waals surface area contributed by atoms with Gasteiger partial charge in [0.15, 0.2) is 0 Å². The summed E-state index contributed by atoms with van der Waals surface area (Å²) >= 11 is 3.54. The van der Waals surface area contributed by atoms with E-state index in [1.807, 2.05) is 12.4 Å². The SMILES string of the molecule is Brc1ccc2cc(-n3c4ccccc4c4cnccc43)ccc2c1. The summed E-state index contributed by atoms with van der Waals surface area (Å²) in [5, 5.41) is 4.88. The lowest BCUT2D eigenvalue weighted by Gasteiger charge is -2.09. The van der Waals surface area contributed by atoms with Crippen LogP contribution in [0, 0.1) is 0 Å². The molecule has 3 aromatic carbocycles. The zero-order valence-electron chi connectivity index (χ0n) is 12.8. The number of hydrogen-bond acceptors (Lipinski definition) is 1. The van der Waals surface area contributed by atoms with Crippen LogP contribution < -0.4 is 0 Å². The highest BCUT2D eigenvalue weighted by Gasteiger charge is 2.11. The third-order valence-electron chi connectivity index (χ3n) is 4.52. The number of fused-ring (bicyclic) bond motifs is 4. The fourth-order valence-corrected chi connectivity index (χ4v) is 3.82. The Morgan fingerprint density at radius 2 is 1.54 bits per heavy atom. The number of nitrogens with zero attached hydrogens (tertiary/aromatic N) is 2. The van der Waals surface area contributed by atoms with Crippen molar-refractivity contribution in [3.8, 4) is 5.69 Å². The van der Waals surface area contributed by atoms with Gasteiger partial charge in [-0.25, -0.2) is 0 Å². The Kier molecular flexibility index (Phi) is 2.97. The lowest BCUT2D eigenvalue weighted by atomic mass is 10.1. The van der Waals surface area contributed by atoms with Gasteiger partial charge in [0, 0.05) is 33.3 Å². The van der Waals surface area contributed by atoms with Gasteiger partial charge in [0.05, 0.1) is 11.0 Å². The molecular formula is C21H13BrN2. The van der Waals surface area contributed by atoms with Crippen LogP contribution in [0.2, 0.25) is 0 Å². The molecule has 0 N–H and O–H groups in total. The van der Waals surface area contributed by atoms with Crippen LogP contribution in [0.3, 0.4) is 0 Å². The van der Waals surface area contributed by atoms with Gasteiger partial charge in [0.2, 0.25) is 0 Å². The molecule has 0 spiro atoms. The minimum absolute atomic E-state index is 1.10. The van der Waals surface area contributed by atoms with Crippen molar-refractivity contribution in [3.63, 3.8) is 0 Å². The molecule has 3 heteroatoms. The molecule has 0 radical (unpaired) electrons. The van der Waals surface area contributed by atoms with Gasteiger partial charge < -0.3 is 4.57 Å². The van der Waals surface area contributed by atoms with Crippen molar-refractivity contribution in [1.29, 1.82) is 0 Å². The molecule has 0 aliphatic rings. The Bertz CT molecular complexity index is 1170. The van der Waals surface area contributed by atoms with Gasteiger partial charge >= 0.3 is 0 Å². The van der Waals surface area contributed by atoms with Crippen LogP contribution in [0.25, 0.3) is 38.3 Å². The predicted octanol–water partition coefficient (Wildman–Crippen LogP) is 6.09. The fourth-order valence-electron chi connectivity index (χ4n) is 3.44. The van der Waals surface area contributed by atoms with Gasteiger partial charge in [-0.2, -0.15) is 0 Å². The zero-order valence-corrected chi connectivity index (χ0v) is 14.4. The number of halogens is 1. The molecule has 0 unspecified atom stereocenters. The van der Waals surface area contributed by atoms with E-state index in [1.54, 1.807) is 0 Å². The predicted molar refractivity (Wildman–Crippen MR) is 104 cm³/mol. The molecule has 2 nitrogen and oxygen atoms in total. The maximum absolute atomic E-state index is 4.31. The van der Waals surface area contributed by atoms with Crippen LogP contribution in [-0.4, -0.2) is 9.55 Å². The van der Waals surface area contributed by atoms with E-state index in [1.165, 1.54) is 38.3 Å². The Labute approximate surface area is 147 Å². The second kappa shape index (κ2) is 5.18. The summed E-state index contributed by atoms with van der Waals surface area (Å²) < 4.78 is 3.42. The second-order valence-corrected chi connectivity index (χ2v) is 6.84. The number of rotatable bonds is 1. The van der Waals surface area contributed by atoms with Gasteiger partial charge in [-0.1, -0.05) is 46.3 Å². The maximum atomic E-state index is 4.31. The van der Waals surface area contributed by atoms with Gasteiger partial charge in [-0.05, 0) is 47.2 Å². The molecule has 0 aliphatic heterocycles. The first kappa shape index (κ1) is 13.8. The van der Waals surface area contributed by atoms with E-state index < -0.39 is 0 Å². The Balaban J connectivity index is 1.89. The largest absolute Gasteiger partial charge is 0.309 e. The van der Waals surface area contributed by atoms with Crippen LogP contribution in [0.15, 0.2) is 83.6 Å². The highest BCUT2D eigenvalue weighted by atomic mass is 79.9. The van der Waals surface area contributed by atoms with E-state index in [0.29, 0.717) is 0 Å². The second-order valence-electron chi connectivity index (χ2n) is 5.92. The number of para-hydroxylation sites is 1. The highest BCUT2D eigenvalue weighted by Crippen LogP contribution is 2.32. The molecule has 2 heterocycles. The molecule has 0 bridgehead atoms. The fraction of sp³-hybridized carbons (Fsp3) is 0. The van der Waals surface area contributed by atoms with E-state index in [0.717, 1.165) is 4.47 Å². The monoisotopic (exact) mass is 372 g/mol. The molecule has 2 aromatic heterocycles. The van der Waals surface area contributed by atoms with Crippen LogP contribution in [0.1, 0.15) is 0 Å². The molecule has 5 aromatic rings. The number of aromatic nitrogens is 2. The molecule has 0 saturated carbocycles. The van der Waals surface area contributed by atoms with E-state index in [2.05, 4.69) is 92.2 Å².